The van der Waals surface area contributed by atoms with Gasteiger partial charge < -0.3 is 4.74 Å². The molecule has 0 spiro atoms. The number of alkyl halides is 3. The van der Waals surface area contributed by atoms with Gasteiger partial charge in [0.25, 0.3) is 0 Å². The predicted molar refractivity (Wildman–Crippen MR) is 65.7 cm³/mol. The van der Waals surface area contributed by atoms with Crippen molar-refractivity contribution >= 4 is 22.9 Å². The molecule has 1 fully saturated rings. The van der Waals surface area contributed by atoms with Gasteiger partial charge in [0.05, 0.1) is 18.3 Å². The van der Waals surface area contributed by atoms with E-state index >= 15 is 0 Å². The summed E-state index contributed by atoms with van der Waals surface area (Å²) < 4.78 is 44.8. The molecule has 1 aromatic rings. The average molecular weight is 357 g/mol. The van der Waals surface area contributed by atoms with E-state index in [0.29, 0.717) is 13.2 Å². The molecule has 2 nitrogen and oxygen atoms in total. The fraction of sp³-hybridized carbons (Fsp3) is 0.455. The lowest BCUT2D eigenvalue weighted by atomic mass is 10.1. The first kappa shape index (κ1) is 13.1. The standard InChI is InChI=1S/C11H11F3INO/c12-11(13,14)9-3-1-8(2-4-9)10-7-16(15)5-6-17-10/h1-4,10H,5-7H2. The van der Waals surface area contributed by atoms with Crippen LogP contribution >= 0.6 is 22.9 Å². The molecule has 0 aliphatic carbocycles. The van der Waals surface area contributed by atoms with Gasteiger partial charge >= 0.3 is 6.18 Å². The van der Waals surface area contributed by atoms with Crippen molar-refractivity contribution in [2.24, 2.45) is 0 Å². The molecule has 17 heavy (non-hydrogen) atoms. The summed E-state index contributed by atoms with van der Waals surface area (Å²) in [7, 11) is 0. The number of rotatable bonds is 1. The van der Waals surface area contributed by atoms with Crippen LogP contribution in [0.1, 0.15) is 17.2 Å². The van der Waals surface area contributed by atoms with E-state index in [0.717, 1.165) is 24.2 Å². The minimum atomic E-state index is -4.28. The first-order valence-electron chi connectivity index (χ1n) is 5.16. The summed E-state index contributed by atoms with van der Waals surface area (Å²) in [5, 5.41) is 0. The fourth-order valence-corrected chi connectivity index (χ4v) is 2.26. The van der Waals surface area contributed by atoms with Gasteiger partial charge in [-0.05, 0) is 17.7 Å². The van der Waals surface area contributed by atoms with E-state index < -0.39 is 11.7 Å². The zero-order valence-corrected chi connectivity index (χ0v) is 11.0. The van der Waals surface area contributed by atoms with Gasteiger partial charge in [-0.2, -0.15) is 13.2 Å². The third-order valence-corrected chi connectivity index (χ3v) is 3.50. The summed E-state index contributed by atoms with van der Waals surface area (Å²) in [6, 6.07) is 5.18. The molecule has 2 rings (SSSR count). The largest absolute Gasteiger partial charge is 0.416 e. The normalized spacial score (nSPS) is 22.7. The molecule has 0 N–H and O–H groups in total. The lowest BCUT2D eigenvalue weighted by Crippen LogP contribution is -2.31. The second kappa shape index (κ2) is 5.11. The maximum atomic E-state index is 12.4. The highest BCUT2D eigenvalue weighted by Crippen LogP contribution is 2.31. The molecule has 6 heteroatoms. The van der Waals surface area contributed by atoms with Crippen LogP contribution in [-0.4, -0.2) is 22.8 Å². The highest BCUT2D eigenvalue weighted by molar-refractivity contribution is 14.1. The van der Waals surface area contributed by atoms with Gasteiger partial charge in [-0.1, -0.05) is 12.1 Å². The molecule has 0 aromatic heterocycles. The molecule has 1 aliphatic rings. The van der Waals surface area contributed by atoms with Crippen LogP contribution in [-0.2, 0) is 10.9 Å². The summed E-state index contributed by atoms with van der Waals surface area (Å²) in [6.07, 6.45) is -4.41. The number of ether oxygens (including phenoxy) is 1. The van der Waals surface area contributed by atoms with Crippen molar-refractivity contribution in [2.75, 3.05) is 19.7 Å². The summed E-state index contributed by atoms with van der Waals surface area (Å²) in [5.41, 5.74) is 0.169. The molecule has 0 radical (unpaired) electrons. The molecule has 1 saturated heterocycles. The lowest BCUT2D eigenvalue weighted by molar-refractivity contribution is -0.137. The smallest absolute Gasteiger partial charge is 0.371 e. The fourth-order valence-electron chi connectivity index (χ4n) is 1.71. The van der Waals surface area contributed by atoms with E-state index in [1.807, 2.05) is 0 Å². The van der Waals surface area contributed by atoms with Gasteiger partial charge in [0.2, 0.25) is 0 Å². The Morgan fingerprint density at radius 3 is 2.41 bits per heavy atom. The SMILES string of the molecule is FC(F)(F)c1ccc(C2CN(I)CCO2)cc1. The van der Waals surface area contributed by atoms with Crippen LogP contribution in [0.5, 0.6) is 0 Å². The quantitative estimate of drug-likeness (QED) is 0.564. The maximum Gasteiger partial charge on any atom is 0.416 e. The van der Waals surface area contributed by atoms with Crippen LogP contribution in [0.15, 0.2) is 24.3 Å². The monoisotopic (exact) mass is 357 g/mol. The van der Waals surface area contributed by atoms with Crippen molar-refractivity contribution in [3.63, 3.8) is 0 Å². The number of hydrogen-bond donors (Lipinski definition) is 0. The van der Waals surface area contributed by atoms with Crippen molar-refractivity contribution in [3.05, 3.63) is 35.4 Å². The van der Waals surface area contributed by atoms with Crippen molar-refractivity contribution in [3.8, 4) is 0 Å². The molecule has 1 aromatic carbocycles. The highest BCUT2D eigenvalue weighted by Gasteiger charge is 2.30. The van der Waals surface area contributed by atoms with E-state index in [-0.39, 0.29) is 6.10 Å². The Morgan fingerprint density at radius 2 is 1.88 bits per heavy atom. The molecular formula is C11H11F3INO. The Labute approximate surface area is 111 Å². The van der Waals surface area contributed by atoms with Gasteiger partial charge in [0, 0.05) is 36.0 Å². The van der Waals surface area contributed by atoms with Crippen molar-refractivity contribution in [1.82, 2.24) is 3.11 Å². The van der Waals surface area contributed by atoms with Crippen molar-refractivity contribution < 1.29 is 17.9 Å². The second-order valence-electron chi connectivity index (χ2n) is 3.85. The molecule has 1 atom stereocenters. The molecule has 1 aliphatic heterocycles. The molecule has 0 bridgehead atoms. The van der Waals surface area contributed by atoms with Gasteiger partial charge in [0.1, 0.15) is 0 Å². The van der Waals surface area contributed by atoms with Crippen LogP contribution in [0.3, 0.4) is 0 Å². The Hall–Kier alpha value is -0.340. The lowest BCUT2D eigenvalue weighted by Gasteiger charge is -2.28. The molecule has 0 saturated carbocycles. The van der Waals surface area contributed by atoms with E-state index in [2.05, 4.69) is 26.0 Å². The van der Waals surface area contributed by atoms with Crippen LogP contribution in [0, 0.1) is 0 Å². The number of hydrogen-bond acceptors (Lipinski definition) is 2. The van der Waals surface area contributed by atoms with Crippen LogP contribution in [0.25, 0.3) is 0 Å². The first-order chi connectivity index (χ1) is 7.97. The number of morpholine rings is 1. The van der Waals surface area contributed by atoms with Crippen LogP contribution in [0.2, 0.25) is 0 Å². The average Bonchev–Trinajstić information content (AvgIpc) is 2.28. The van der Waals surface area contributed by atoms with E-state index in [9.17, 15) is 13.2 Å². The minimum Gasteiger partial charge on any atom is -0.371 e. The zero-order chi connectivity index (χ0) is 12.5. The Bertz CT molecular complexity index is 379. The summed E-state index contributed by atoms with van der Waals surface area (Å²) >= 11 is 2.19. The number of halogens is 4. The molecule has 1 unspecified atom stereocenters. The Kier molecular flexibility index (Phi) is 3.94. The first-order valence-corrected chi connectivity index (χ1v) is 6.13. The van der Waals surface area contributed by atoms with Gasteiger partial charge in [-0.3, -0.25) is 0 Å². The Balaban J connectivity index is 2.12. The summed E-state index contributed by atoms with van der Waals surface area (Å²) in [4.78, 5) is 0. The molecule has 94 valence electrons. The number of benzene rings is 1. The van der Waals surface area contributed by atoms with Gasteiger partial charge in [-0.25, -0.2) is 3.11 Å². The number of nitrogens with zero attached hydrogens (tertiary/aromatic N) is 1. The highest BCUT2D eigenvalue weighted by atomic mass is 127. The predicted octanol–water partition coefficient (Wildman–Crippen LogP) is 3.43. The van der Waals surface area contributed by atoms with E-state index in [4.69, 9.17) is 4.74 Å². The zero-order valence-electron chi connectivity index (χ0n) is 8.88. The molecule has 0 amide bonds. The second-order valence-corrected chi connectivity index (χ2v) is 5.21. The summed E-state index contributed by atoms with van der Waals surface area (Å²) in [5.74, 6) is 0. The minimum absolute atomic E-state index is 0.136. The van der Waals surface area contributed by atoms with Crippen molar-refractivity contribution in [1.29, 1.82) is 0 Å². The molecular weight excluding hydrogens is 346 g/mol. The van der Waals surface area contributed by atoms with Gasteiger partial charge in [0.15, 0.2) is 0 Å². The van der Waals surface area contributed by atoms with Crippen LogP contribution in [0.4, 0.5) is 13.2 Å². The van der Waals surface area contributed by atoms with Crippen molar-refractivity contribution in [2.45, 2.75) is 12.3 Å². The summed E-state index contributed by atoms with van der Waals surface area (Å²) in [6.45, 7) is 2.15. The third-order valence-electron chi connectivity index (χ3n) is 2.63. The maximum absolute atomic E-state index is 12.4. The molecule has 1 heterocycles. The third kappa shape index (κ3) is 3.32. The van der Waals surface area contributed by atoms with Gasteiger partial charge in [-0.15, -0.1) is 0 Å². The van der Waals surface area contributed by atoms with E-state index in [1.165, 1.54) is 12.1 Å². The van der Waals surface area contributed by atoms with Crippen LogP contribution < -0.4 is 0 Å². The van der Waals surface area contributed by atoms with E-state index in [1.54, 1.807) is 0 Å². The topological polar surface area (TPSA) is 12.5 Å². The Morgan fingerprint density at radius 1 is 1.24 bits per heavy atom.